The standard InChI is InChI=1S/C12H25NO4S.ClH/c1-4-8-13(9-5-2)18(15,16)11-7-12(14)17-10-6-3;/h4-11H2,1-3H3;1H. The van der Waals surface area contributed by atoms with E-state index in [0.717, 1.165) is 19.3 Å². The molecular weight excluding hydrogens is 290 g/mol. The lowest BCUT2D eigenvalue weighted by Gasteiger charge is -2.20. The third-order valence-electron chi connectivity index (χ3n) is 2.37. The highest BCUT2D eigenvalue weighted by Crippen LogP contribution is 2.06. The Morgan fingerprint density at radius 2 is 1.58 bits per heavy atom. The third-order valence-corrected chi connectivity index (χ3v) is 4.24. The Balaban J connectivity index is 0. The molecule has 0 radical (unpaired) electrons. The first-order valence-electron chi connectivity index (χ1n) is 6.61. The van der Waals surface area contributed by atoms with E-state index in [1.165, 1.54) is 4.31 Å². The minimum absolute atomic E-state index is 0. The largest absolute Gasteiger partial charge is 0.466 e. The zero-order valence-corrected chi connectivity index (χ0v) is 13.7. The van der Waals surface area contributed by atoms with Crippen molar-refractivity contribution >= 4 is 28.4 Å². The zero-order chi connectivity index (χ0) is 14.0. The smallest absolute Gasteiger partial charge is 0.306 e. The molecule has 7 heteroatoms. The SMILES string of the molecule is CCCOC(=O)CCS(=O)(=O)N(CCC)CCC.Cl. The molecule has 0 spiro atoms. The first kappa shape index (κ1) is 21.0. The molecule has 0 bridgehead atoms. The van der Waals surface area contributed by atoms with Crippen LogP contribution in [0.1, 0.15) is 46.5 Å². The summed E-state index contributed by atoms with van der Waals surface area (Å²) in [6, 6.07) is 0. The Labute approximate surface area is 123 Å². The molecule has 19 heavy (non-hydrogen) atoms. The Morgan fingerprint density at radius 3 is 2.00 bits per heavy atom. The Bertz CT molecular complexity index is 327. The lowest BCUT2D eigenvalue weighted by atomic mass is 10.4. The second-order valence-corrected chi connectivity index (χ2v) is 6.27. The summed E-state index contributed by atoms with van der Waals surface area (Å²) in [6.07, 6.45) is 2.24. The number of carbonyl (C=O) groups excluding carboxylic acids is 1. The van der Waals surface area contributed by atoms with Gasteiger partial charge in [-0.2, -0.15) is 0 Å². The fourth-order valence-corrected chi connectivity index (χ4v) is 3.12. The van der Waals surface area contributed by atoms with Gasteiger partial charge >= 0.3 is 5.97 Å². The summed E-state index contributed by atoms with van der Waals surface area (Å²) in [5.41, 5.74) is 0. The van der Waals surface area contributed by atoms with Crippen molar-refractivity contribution in [3.8, 4) is 0 Å². The van der Waals surface area contributed by atoms with Crippen LogP contribution in [-0.2, 0) is 19.6 Å². The number of carbonyl (C=O) groups is 1. The van der Waals surface area contributed by atoms with Crippen molar-refractivity contribution in [1.29, 1.82) is 0 Å². The van der Waals surface area contributed by atoms with E-state index in [1.807, 2.05) is 20.8 Å². The van der Waals surface area contributed by atoms with E-state index < -0.39 is 16.0 Å². The van der Waals surface area contributed by atoms with Gasteiger partial charge in [-0.15, -0.1) is 12.4 Å². The van der Waals surface area contributed by atoms with Gasteiger partial charge in [0.25, 0.3) is 0 Å². The van der Waals surface area contributed by atoms with Gasteiger partial charge in [-0.05, 0) is 19.3 Å². The van der Waals surface area contributed by atoms with Gasteiger partial charge in [-0.25, -0.2) is 12.7 Å². The van der Waals surface area contributed by atoms with Gasteiger partial charge in [-0.1, -0.05) is 20.8 Å². The number of halogens is 1. The minimum atomic E-state index is -3.33. The maximum Gasteiger partial charge on any atom is 0.306 e. The summed E-state index contributed by atoms with van der Waals surface area (Å²) < 4.78 is 30.3. The lowest BCUT2D eigenvalue weighted by molar-refractivity contribution is -0.143. The topological polar surface area (TPSA) is 63.7 Å². The number of esters is 1. The molecule has 0 aromatic heterocycles. The van der Waals surface area contributed by atoms with Gasteiger partial charge in [0, 0.05) is 13.1 Å². The normalized spacial score (nSPS) is 11.2. The molecular formula is C12H26ClNO4S. The highest BCUT2D eigenvalue weighted by Gasteiger charge is 2.21. The minimum Gasteiger partial charge on any atom is -0.466 e. The molecule has 0 rings (SSSR count). The van der Waals surface area contributed by atoms with Gasteiger partial charge in [-0.3, -0.25) is 4.79 Å². The zero-order valence-electron chi connectivity index (χ0n) is 12.1. The summed E-state index contributed by atoms with van der Waals surface area (Å²) in [4.78, 5) is 11.3. The van der Waals surface area contributed by atoms with Gasteiger partial charge in [0.2, 0.25) is 10.0 Å². The summed E-state index contributed by atoms with van der Waals surface area (Å²) in [6.45, 7) is 7.16. The highest BCUT2D eigenvalue weighted by molar-refractivity contribution is 7.89. The fourth-order valence-electron chi connectivity index (χ4n) is 1.52. The van der Waals surface area contributed by atoms with Crippen molar-refractivity contribution in [2.75, 3.05) is 25.4 Å². The Hall–Kier alpha value is -0.330. The first-order chi connectivity index (χ1) is 8.47. The molecule has 116 valence electrons. The lowest BCUT2D eigenvalue weighted by Crippen LogP contribution is -2.35. The van der Waals surface area contributed by atoms with Crippen molar-refractivity contribution in [3.63, 3.8) is 0 Å². The molecule has 0 saturated heterocycles. The predicted molar refractivity (Wildman–Crippen MR) is 79.1 cm³/mol. The quantitative estimate of drug-likeness (QED) is 0.580. The van der Waals surface area contributed by atoms with Gasteiger partial charge in [0.05, 0.1) is 18.8 Å². The van der Waals surface area contributed by atoms with Crippen molar-refractivity contribution < 1.29 is 17.9 Å². The summed E-state index contributed by atoms with van der Waals surface area (Å²) in [5, 5.41) is 0. The van der Waals surface area contributed by atoms with Gasteiger partial charge in [0.1, 0.15) is 0 Å². The van der Waals surface area contributed by atoms with E-state index >= 15 is 0 Å². The third kappa shape index (κ3) is 9.24. The Kier molecular flexibility index (Phi) is 12.7. The fraction of sp³-hybridized carbons (Fsp3) is 0.917. The van der Waals surface area contributed by atoms with Crippen molar-refractivity contribution in [3.05, 3.63) is 0 Å². The van der Waals surface area contributed by atoms with Crippen LogP contribution in [-0.4, -0.2) is 44.1 Å². The number of sulfonamides is 1. The van der Waals surface area contributed by atoms with Crippen LogP contribution in [0.25, 0.3) is 0 Å². The average Bonchev–Trinajstić information content (AvgIpc) is 2.33. The van der Waals surface area contributed by atoms with Crippen LogP contribution in [0.4, 0.5) is 0 Å². The van der Waals surface area contributed by atoms with Crippen LogP contribution in [0, 0.1) is 0 Å². The number of rotatable bonds is 10. The van der Waals surface area contributed by atoms with Crippen LogP contribution in [0.5, 0.6) is 0 Å². The van der Waals surface area contributed by atoms with E-state index in [0.29, 0.717) is 19.7 Å². The molecule has 0 amide bonds. The Morgan fingerprint density at radius 1 is 1.05 bits per heavy atom. The van der Waals surface area contributed by atoms with Crippen molar-refractivity contribution in [2.24, 2.45) is 0 Å². The molecule has 0 atom stereocenters. The number of hydrogen-bond acceptors (Lipinski definition) is 4. The van der Waals surface area contributed by atoms with E-state index in [1.54, 1.807) is 0 Å². The van der Waals surface area contributed by atoms with Crippen molar-refractivity contribution in [1.82, 2.24) is 4.31 Å². The molecule has 0 aliphatic carbocycles. The van der Waals surface area contributed by atoms with Crippen molar-refractivity contribution in [2.45, 2.75) is 46.5 Å². The van der Waals surface area contributed by atoms with E-state index in [9.17, 15) is 13.2 Å². The van der Waals surface area contributed by atoms with Gasteiger partial charge < -0.3 is 4.74 Å². The maximum atomic E-state index is 12.0. The van der Waals surface area contributed by atoms with Crippen LogP contribution in [0.3, 0.4) is 0 Å². The van der Waals surface area contributed by atoms with Crippen LogP contribution >= 0.6 is 12.4 Å². The molecule has 0 heterocycles. The summed E-state index contributed by atoms with van der Waals surface area (Å²) in [5.74, 6) is -0.594. The first-order valence-corrected chi connectivity index (χ1v) is 8.22. The maximum absolute atomic E-state index is 12.0. The molecule has 0 unspecified atom stereocenters. The number of ether oxygens (including phenoxy) is 1. The molecule has 0 saturated carbocycles. The summed E-state index contributed by atoms with van der Waals surface area (Å²) in [7, 11) is -3.33. The molecule has 0 aromatic rings. The molecule has 0 aliphatic rings. The van der Waals surface area contributed by atoms with E-state index in [2.05, 4.69) is 0 Å². The number of hydrogen-bond donors (Lipinski definition) is 0. The molecule has 0 aromatic carbocycles. The van der Waals surface area contributed by atoms with Crippen LogP contribution in [0.2, 0.25) is 0 Å². The summed E-state index contributed by atoms with van der Waals surface area (Å²) >= 11 is 0. The molecule has 5 nitrogen and oxygen atoms in total. The second kappa shape index (κ2) is 11.5. The predicted octanol–water partition coefficient (Wildman–Crippen LogP) is 2.20. The van der Waals surface area contributed by atoms with Crippen LogP contribution < -0.4 is 0 Å². The average molecular weight is 316 g/mol. The molecule has 0 N–H and O–H groups in total. The van der Waals surface area contributed by atoms with E-state index in [4.69, 9.17) is 4.74 Å². The molecule has 0 fully saturated rings. The van der Waals surface area contributed by atoms with Gasteiger partial charge in [0.15, 0.2) is 0 Å². The van der Waals surface area contributed by atoms with Crippen LogP contribution in [0.15, 0.2) is 0 Å². The number of nitrogens with zero attached hydrogens (tertiary/aromatic N) is 1. The second-order valence-electron chi connectivity index (χ2n) is 4.19. The highest BCUT2D eigenvalue weighted by atomic mass is 35.5. The monoisotopic (exact) mass is 315 g/mol. The van der Waals surface area contributed by atoms with E-state index in [-0.39, 0.29) is 24.6 Å². The molecule has 0 aliphatic heterocycles.